The molecular formula is C22H20ClFN2O4S. The molecule has 3 aromatic carbocycles. The van der Waals surface area contributed by atoms with Gasteiger partial charge in [-0.25, -0.2) is 17.5 Å². The van der Waals surface area contributed by atoms with Crippen LogP contribution in [-0.4, -0.2) is 21.4 Å². The van der Waals surface area contributed by atoms with E-state index in [-0.39, 0.29) is 28.4 Å². The molecule has 2 N–H and O–H groups in total. The number of carbonyl (C=O) groups excluding carboxylic acids is 1. The lowest BCUT2D eigenvalue weighted by atomic mass is 10.2. The third kappa shape index (κ3) is 5.61. The summed E-state index contributed by atoms with van der Waals surface area (Å²) in [7, 11) is -2.66. The van der Waals surface area contributed by atoms with E-state index in [4.69, 9.17) is 16.3 Å². The standard InChI is InChI=1S/C22H20ClFN2O4S/c1-14-3-9-18(12-19(14)24)26-22(27)16-6-10-20(30-2)21(11-16)31(28,29)25-13-15-4-7-17(23)8-5-15/h3-12,25H,13H2,1-2H3,(H,26,27). The molecule has 31 heavy (non-hydrogen) atoms. The Morgan fingerprint density at radius 1 is 1.06 bits per heavy atom. The summed E-state index contributed by atoms with van der Waals surface area (Å²) in [5, 5.41) is 3.10. The van der Waals surface area contributed by atoms with Gasteiger partial charge in [0, 0.05) is 22.8 Å². The van der Waals surface area contributed by atoms with Gasteiger partial charge in [-0.15, -0.1) is 0 Å². The van der Waals surface area contributed by atoms with Crippen LogP contribution in [0, 0.1) is 12.7 Å². The van der Waals surface area contributed by atoms with Crippen molar-refractivity contribution in [2.45, 2.75) is 18.4 Å². The third-order valence-electron chi connectivity index (χ3n) is 4.52. The maximum absolute atomic E-state index is 13.7. The van der Waals surface area contributed by atoms with E-state index in [9.17, 15) is 17.6 Å². The molecule has 0 aliphatic heterocycles. The second kappa shape index (κ2) is 9.47. The fraction of sp³-hybridized carbons (Fsp3) is 0.136. The van der Waals surface area contributed by atoms with Crippen LogP contribution in [-0.2, 0) is 16.6 Å². The zero-order valence-electron chi connectivity index (χ0n) is 16.8. The lowest BCUT2D eigenvalue weighted by Crippen LogP contribution is -2.24. The molecular weight excluding hydrogens is 443 g/mol. The maximum Gasteiger partial charge on any atom is 0.255 e. The second-order valence-corrected chi connectivity index (χ2v) is 8.91. The summed E-state index contributed by atoms with van der Waals surface area (Å²) in [6.45, 7) is 1.64. The van der Waals surface area contributed by atoms with Gasteiger partial charge in [-0.05, 0) is 60.5 Å². The van der Waals surface area contributed by atoms with Crippen LogP contribution in [0.25, 0.3) is 0 Å². The number of halogens is 2. The maximum atomic E-state index is 13.7. The van der Waals surface area contributed by atoms with E-state index in [2.05, 4.69) is 10.0 Å². The summed E-state index contributed by atoms with van der Waals surface area (Å²) in [5.41, 5.74) is 1.49. The number of aryl methyl sites for hydroxylation is 1. The zero-order chi connectivity index (χ0) is 22.6. The Morgan fingerprint density at radius 3 is 2.42 bits per heavy atom. The van der Waals surface area contributed by atoms with Gasteiger partial charge in [0.05, 0.1) is 7.11 Å². The highest BCUT2D eigenvalue weighted by Crippen LogP contribution is 2.26. The number of methoxy groups -OCH3 is 1. The minimum Gasteiger partial charge on any atom is -0.495 e. The van der Waals surface area contributed by atoms with Crippen molar-refractivity contribution in [2.24, 2.45) is 0 Å². The molecule has 0 unspecified atom stereocenters. The molecule has 162 valence electrons. The van der Waals surface area contributed by atoms with Crippen LogP contribution < -0.4 is 14.8 Å². The minimum absolute atomic E-state index is 0.0295. The molecule has 0 saturated heterocycles. The third-order valence-corrected chi connectivity index (χ3v) is 6.20. The molecule has 0 spiro atoms. The first-order valence-corrected chi connectivity index (χ1v) is 11.1. The number of carbonyl (C=O) groups is 1. The van der Waals surface area contributed by atoms with Crippen molar-refractivity contribution in [3.63, 3.8) is 0 Å². The van der Waals surface area contributed by atoms with Gasteiger partial charge in [-0.2, -0.15) is 0 Å². The van der Waals surface area contributed by atoms with Gasteiger partial charge in [0.2, 0.25) is 10.0 Å². The van der Waals surface area contributed by atoms with Crippen molar-refractivity contribution < 1.29 is 22.3 Å². The number of benzene rings is 3. The molecule has 0 bridgehead atoms. The number of anilines is 1. The van der Waals surface area contributed by atoms with Gasteiger partial charge in [0.1, 0.15) is 16.5 Å². The first kappa shape index (κ1) is 22.7. The smallest absolute Gasteiger partial charge is 0.255 e. The van der Waals surface area contributed by atoms with E-state index >= 15 is 0 Å². The van der Waals surface area contributed by atoms with E-state index in [0.29, 0.717) is 16.1 Å². The number of hydrogen-bond acceptors (Lipinski definition) is 4. The predicted octanol–water partition coefficient (Wildman–Crippen LogP) is 4.53. The van der Waals surface area contributed by atoms with Crippen molar-refractivity contribution in [1.82, 2.24) is 4.72 Å². The molecule has 0 fully saturated rings. The summed E-state index contributed by atoms with van der Waals surface area (Å²) in [5.74, 6) is -0.955. The first-order valence-electron chi connectivity index (χ1n) is 9.19. The van der Waals surface area contributed by atoms with Crippen molar-refractivity contribution in [2.75, 3.05) is 12.4 Å². The summed E-state index contributed by atoms with van der Waals surface area (Å²) in [6.07, 6.45) is 0. The largest absolute Gasteiger partial charge is 0.495 e. The summed E-state index contributed by atoms with van der Waals surface area (Å²) in [6, 6.07) is 15.0. The lowest BCUT2D eigenvalue weighted by Gasteiger charge is -2.13. The fourth-order valence-electron chi connectivity index (χ4n) is 2.76. The lowest BCUT2D eigenvalue weighted by molar-refractivity contribution is 0.102. The van der Waals surface area contributed by atoms with Gasteiger partial charge in [-0.3, -0.25) is 4.79 Å². The van der Waals surface area contributed by atoms with Crippen molar-refractivity contribution in [3.05, 3.63) is 88.2 Å². The van der Waals surface area contributed by atoms with E-state index < -0.39 is 21.7 Å². The molecule has 0 aliphatic rings. The quantitative estimate of drug-likeness (QED) is 0.540. The SMILES string of the molecule is COc1ccc(C(=O)Nc2ccc(C)c(F)c2)cc1S(=O)(=O)NCc1ccc(Cl)cc1. The Morgan fingerprint density at radius 2 is 1.77 bits per heavy atom. The summed E-state index contributed by atoms with van der Waals surface area (Å²) < 4.78 is 47.1. The number of nitrogens with one attached hydrogen (secondary N) is 2. The van der Waals surface area contributed by atoms with Crippen LogP contribution in [0.3, 0.4) is 0 Å². The molecule has 0 atom stereocenters. The number of rotatable bonds is 7. The topological polar surface area (TPSA) is 84.5 Å². The van der Waals surface area contributed by atoms with Gasteiger partial charge < -0.3 is 10.1 Å². The van der Waals surface area contributed by atoms with Gasteiger partial charge in [0.25, 0.3) is 5.91 Å². The first-order chi connectivity index (χ1) is 14.7. The van der Waals surface area contributed by atoms with Gasteiger partial charge >= 0.3 is 0 Å². The fourth-order valence-corrected chi connectivity index (χ4v) is 4.10. The molecule has 0 heterocycles. The highest BCUT2D eigenvalue weighted by atomic mass is 35.5. The summed E-state index contributed by atoms with van der Waals surface area (Å²) >= 11 is 5.84. The minimum atomic E-state index is -4.00. The zero-order valence-corrected chi connectivity index (χ0v) is 18.4. The van der Waals surface area contributed by atoms with Crippen LogP contribution in [0.4, 0.5) is 10.1 Å². The Kier molecular flexibility index (Phi) is 6.94. The Hall–Kier alpha value is -2.94. The van der Waals surface area contributed by atoms with Crippen molar-refractivity contribution in [3.8, 4) is 5.75 Å². The molecule has 0 radical (unpaired) electrons. The van der Waals surface area contributed by atoms with Gasteiger partial charge in [-0.1, -0.05) is 29.8 Å². The van der Waals surface area contributed by atoms with E-state index in [0.717, 1.165) is 0 Å². The molecule has 3 rings (SSSR count). The van der Waals surface area contributed by atoms with Crippen LogP contribution in [0.2, 0.25) is 5.02 Å². The molecule has 0 aliphatic carbocycles. The van der Waals surface area contributed by atoms with E-state index in [1.807, 2.05) is 0 Å². The highest BCUT2D eigenvalue weighted by Gasteiger charge is 2.22. The van der Waals surface area contributed by atoms with Crippen molar-refractivity contribution in [1.29, 1.82) is 0 Å². The predicted molar refractivity (Wildman–Crippen MR) is 118 cm³/mol. The Labute approximate surface area is 185 Å². The van der Waals surface area contributed by atoms with Crippen LogP contribution in [0.1, 0.15) is 21.5 Å². The molecule has 0 saturated carbocycles. The van der Waals surface area contributed by atoms with E-state index in [1.54, 1.807) is 37.3 Å². The Bertz CT molecular complexity index is 1210. The van der Waals surface area contributed by atoms with Crippen LogP contribution >= 0.6 is 11.6 Å². The van der Waals surface area contributed by atoms with E-state index in [1.165, 1.54) is 37.4 Å². The highest BCUT2D eigenvalue weighted by molar-refractivity contribution is 7.89. The monoisotopic (exact) mass is 462 g/mol. The second-order valence-electron chi connectivity index (χ2n) is 6.73. The Balaban J connectivity index is 1.83. The normalized spacial score (nSPS) is 11.2. The van der Waals surface area contributed by atoms with Gasteiger partial charge in [0.15, 0.2) is 0 Å². The molecule has 3 aromatic rings. The van der Waals surface area contributed by atoms with Crippen LogP contribution in [0.5, 0.6) is 5.75 Å². The average Bonchev–Trinajstić information content (AvgIpc) is 2.75. The number of ether oxygens (including phenoxy) is 1. The summed E-state index contributed by atoms with van der Waals surface area (Å²) in [4.78, 5) is 12.4. The number of amides is 1. The molecule has 9 heteroatoms. The molecule has 1 amide bonds. The van der Waals surface area contributed by atoms with Crippen LogP contribution in [0.15, 0.2) is 65.6 Å². The van der Waals surface area contributed by atoms with Crippen molar-refractivity contribution >= 4 is 33.2 Å². The average molecular weight is 463 g/mol. The number of hydrogen-bond donors (Lipinski definition) is 2. The molecule has 0 aromatic heterocycles. The molecule has 6 nitrogen and oxygen atoms in total. The number of sulfonamides is 1.